The third kappa shape index (κ3) is 2.68. The van der Waals surface area contributed by atoms with Gasteiger partial charge in [0.05, 0.1) is 5.75 Å². The average molecular weight is 205 g/mol. The van der Waals surface area contributed by atoms with E-state index in [0.717, 1.165) is 32.1 Å². The van der Waals surface area contributed by atoms with E-state index in [0.29, 0.717) is 0 Å². The smallest absolute Gasteiger partial charge is 0.211 e. The van der Waals surface area contributed by atoms with E-state index in [9.17, 15) is 8.42 Å². The first-order valence-corrected chi connectivity index (χ1v) is 6.70. The Bertz CT molecular complexity index is 253. The number of hydrogen-bond donors (Lipinski definition) is 1. The fraction of sp³-hybridized carbons (Fsp3) is 1.00. The van der Waals surface area contributed by atoms with E-state index in [-0.39, 0.29) is 11.3 Å². The molecule has 0 aliphatic heterocycles. The van der Waals surface area contributed by atoms with Gasteiger partial charge in [-0.3, -0.25) is 0 Å². The molecule has 0 aromatic rings. The van der Waals surface area contributed by atoms with Gasteiger partial charge in [-0.2, -0.15) is 0 Å². The van der Waals surface area contributed by atoms with Gasteiger partial charge in [0.15, 0.2) is 0 Å². The van der Waals surface area contributed by atoms with Gasteiger partial charge in [0.25, 0.3) is 0 Å². The summed E-state index contributed by atoms with van der Waals surface area (Å²) in [6.45, 7) is 3.74. The second kappa shape index (κ2) is 3.96. The molecule has 0 amide bonds. The van der Waals surface area contributed by atoms with Crippen molar-refractivity contribution in [1.82, 2.24) is 4.72 Å². The second-order valence-electron chi connectivity index (χ2n) is 3.85. The van der Waals surface area contributed by atoms with Crippen molar-refractivity contribution >= 4 is 10.0 Å². The Kier molecular flexibility index (Phi) is 3.35. The Morgan fingerprint density at radius 1 is 1.23 bits per heavy atom. The summed E-state index contributed by atoms with van der Waals surface area (Å²) >= 11 is 0. The maximum Gasteiger partial charge on any atom is 0.211 e. The Balaban J connectivity index is 2.69. The first-order valence-electron chi connectivity index (χ1n) is 5.05. The van der Waals surface area contributed by atoms with Crippen molar-refractivity contribution < 1.29 is 8.42 Å². The Hall–Kier alpha value is -0.0900. The van der Waals surface area contributed by atoms with Gasteiger partial charge in [-0.05, 0) is 26.2 Å². The molecule has 0 saturated heterocycles. The van der Waals surface area contributed by atoms with E-state index in [1.54, 1.807) is 6.92 Å². The molecule has 0 aromatic heterocycles. The highest BCUT2D eigenvalue weighted by Gasteiger charge is 2.34. The van der Waals surface area contributed by atoms with E-state index in [2.05, 4.69) is 11.6 Å². The standard InChI is InChI=1S/C9H19NO2S/c1-3-9(7-5-6-8-9)10-13(11,12)4-2/h10H,3-8H2,1-2H3. The monoisotopic (exact) mass is 205 g/mol. The van der Waals surface area contributed by atoms with Gasteiger partial charge in [0, 0.05) is 5.54 Å². The minimum Gasteiger partial charge on any atom is -0.212 e. The summed E-state index contributed by atoms with van der Waals surface area (Å²) in [4.78, 5) is 0. The van der Waals surface area contributed by atoms with Crippen LogP contribution in [0.4, 0.5) is 0 Å². The van der Waals surface area contributed by atoms with Gasteiger partial charge in [-0.15, -0.1) is 0 Å². The van der Waals surface area contributed by atoms with E-state index < -0.39 is 10.0 Å². The number of nitrogens with one attached hydrogen (secondary N) is 1. The summed E-state index contributed by atoms with van der Waals surface area (Å²) < 4.78 is 25.7. The molecule has 1 fully saturated rings. The third-order valence-electron chi connectivity index (χ3n) is 2.99. The lowest BCUT2D eigenvalue weighted by molar-refractivity contribution is 0.377. The molecule has 1 rings (SSSR count). The largest absolute Gasteiger partial charge is 0.212 e. The van der Waals surface area contributed by atoms with E-state index in [4.69, 9.17) is 0 Å². The fourth-order valence-corrected chi connectivity index (χ4v) is 3.13. The van der Waals surface area contributed by atoms with Gasteiger partial charge in [0.1, 0.15) is 0 Å². The van der Waals surface area contributed by atoms with Crippen LogP contribution < -0.4 is 4.72 Å². The van der Waals surface area contributed by atoms with Crippen LogP contribution in [0, 0.1) is 0 Å². The zero-order chi connectivity index (χ0) is 9.95. The van der Waals surface area contributed by atoms with Crippen molar-refractivity contribution in [3.63, 3.8) is 0 Å². The minimum atomic E-state index is -3.02. The topological polar surface area (TPSA) is 46.2 Å². The zero-order valence-corrected chi connectivity index (χ0v) is 9.28. The van der Waals surface area contributed by atoms with Crippen LogP contribution >= 0.6 is 0 Å². The highest BCUT2D eigenvalue weighted by molar-refractivity contribution is 7.89. The highest BCUT2D eigenvalue weighted by atomic mass is 32.2. The molecule has 4 heteroatoms. The number of hydrogen-bond acceptors (Lipinski definition) is 2. The van der Waals surface area contributed by atoms with Crippen LogP contribution in [0.1, 0.15) is 46.0 Å². The first-order chi connectivity index (χ1) is 6.04. The zero-order valence-electron chi connectivity index (χ0n) is 8.47. The maximum absolute atomic E-state index is 11.4. The Labute approximate surface area is 81.0 Å². The molecule has 0 radical (unpaired) electrons. The summed E-state index contributed by atoms with van der Waals surface area (Å²) in [5.41, 5.74) is -0.116. The van der Waals surface area contributed by atoms with Crippen molar-refractivity contribution in [3.05, 3.63) is 0 Å². The molecule has 0 bridgehead atoms. The predicted molar refractivity (Wildman–Crippen MR) is 54.1 cm³/mol. The van der Waals surface area contributed by atoms with Crippen LogP contribution in [0.5, 0.6) is 0 Å². The maximum atomic E-state index is 11.4. The summed E-state index contributed by atoms with van der Waals surface area (Å²) in [5.74, 6) is 0.189. The second-order valence-corrected chi connectivity index (χ2v) is 5.86. The molecule has 1 saturated carbocycles. The molecule has 0 unspecified atom stereocenters. The van der Waals surface area contributed by atoms with Gasteiger partial charge < -0.3 is 0 Å². The van der Waals surface area contributed by atoms with Crippen LogP contribution in [0.15, 0.2) is 0 Å². The Morgan fingerprint density at radius 3 is 2.15 bits per heavy atom. The molecular weight excluding hydrogens is 186 g/mol. The fourth-order valence-electron chi connectivity index (χ4n) is 1.98. The lowest BCUT2D eigenvalue weighted by atomic mass is 9.96. The van der Waals surface area contributed by atoms with E-state index in [1.807, 2.05) is 0 Å². The SMILES string of the molecule is CCC1(NS(=O)(=O)CC)CCCC1. The molecule has 0 atom stereocenters. The average Bonchev–Trinajstić information content (AvgIpc) is 2.53. The van der Waals surface area contributed by atoms with Gasteiger partial charge >= 0.3 is 0 Å². The molecule has 78 valence electrons. The first kappa shape index (κ1) is 11.0. The van der Waals surface area contributed by atoms with Gasteiger partial charge in [-0.25, -0.2) is 13.1 Å². The van der Waals surface area contributed by atoms with Crippen molar-refractivity contribution in [2.24, 2.45) is 0 Å². The lowest BCUT2D eigenvalue weighted by Crippen LogP contribution is -2.46. The molecule has 1 aliphatic carbocycles. The number of rotatable bonds is 4. The minimum absolute atomic E-state index is 0.116. The van der Waals surface area contributed by atoms with Crippen LogP contribution in [0.25, 0.3) is 0 Å². The molecule has 1 N–H and O–H groups in total. The summed E-state index contributed by atoms with van der Waals surface area (Å²) in [6.07, 6.45) is 5.22. The van der Waals surface area contributed by atoms with Crippen molar-refractivity contribution in [2.75, 3.05) is 5.75 Å². The highest BCUT2D eigenvalue weighted by Crippen LogP contribution is 2.32. The molecule has 0 heterocycles. The van der Waals surface area contributed by atoms with Crippen molar-refractivity contribution in [2.45, 2.75) is 51.5 Å². The summed E-state index contributed by atoms with van der Waals surface area (Å²) in [6, 6.07) is 0. The molecule has 0 spiro atoms. The predicted octanol–water partition coefficient (Wildman–Crippen LogP) is 1.65. The van der Waals surface area contributed by atoms with Crippen LogP contribution in [-0.4, -0.2) is 19.7 Å². The van der Waals surface area contributed by atoms with Crippen LogP contribution in [0.2, 0.25) is 0 Å². The third-order valence-corrected chi connectivity index (χ3v) is 4.49. The molecular formula is C9H19NO2S. The van der Waals surface area contributed by atoms with Crippen molar-refractivity contribution in [3.8, 4) is 0 Å². The Morgan fingerprint density at radius 2 is 1.77 bits per heavy atom. The molecule has 0 aromatic carbocycles. The number of sulfonamides is 1. The van der Waals surface area contributed by atoms with Crippen molar-refractivity contribution in [1.29, 1.82) is 0 Å². The summed E-state index contributed by atoms with van der Waals surface area (Å²) in [7, 11) is -3.02. The van der Waals surface area contributed by atoms with E-state index >= 15 is 0 Å². The van der Waals surface area contributed by atoms with Gasteiger partial charge in [0.2, 0.25) is 10.0 Å². The molecule has 1 aliphatic rings. The van der Waals surface area contributed by atoms with Crippen LogP contribution in [0.3, 0.4) is 0 Å². The summed E-state index contributed by atoms with van der Waals surface area (Å²) in [5, 5.41) is 0. The molecule has 13 heavy (non-hydrogen) atoms. The van der Waals surface area contributed by atoms with E-state index in [1.165, 1.54) is 0 Å². The quantitative estimate of drug-likeness (QED) is 0.758. The molecule has 3 nitrogen and oxygen atoms in total. The van der Waals surface area contributed by atoms with Crippen LogP contribution in [-0.2, 0) is 10.0 Å². The lowest BCUT2D eigenvalue weighted by Gasteiger charge is -2.28. The van der Waals surface area contributed by atoms with Gasteiger partial charge in [-0.1, -0.05) is 19.8 Å². The normalized spacial score (nSPS) is 22.0.